The van der Waals surface area contributed by atoms with Gasteiger partial charge in [0.1, 0.15) is 5.75 Å². The number of rotatable bonds is 4. The summed E-state index contributed by atoms with van der Waals surface area (Å²) < 4.78 is 6.68. The van der Waals surface area contributed by atoms with Crippen molar-refractivity contribution in [2.24, 2.45) is 17.3 Å². The summed E-state index contributed by atoms with van der Waals surface area (Å²) in [5, 5.41) is 29.0. The summed E-state index contributed by atoms with van der Waals surface area (Å²) in [6, 6.07) is 10.2. The van der Waals surface area contributed by atoms with Gasteiger partial charge in [-0.05, 0) is 30.3 Å². The van der Waals surface area contributed by atoms with Crippen LogP contribution in [-0.2, 0) is 7.05 Å². The van der Waals surface area contributed by atoms with E-state index in [1.54, 1.807) is 25.2 Å². The third-order valence-corrected chi connectivity index (χ3v) is 3.92. The van der Waals surface area contributed by atoms with Gasteiger partial charge in [-0.2, -0.15) is 0 Å². The molecule has 0 spiro atoms. The number of azo groups is 1. The molecule has 3 rings (SSSR count). The normalized spacial score (nSPS) is 11.2. The Hall–Kier alpha value is -3.75. The second-order valence-corrected chi connectivity index (χ2v) is 5.42. The maximum Gasteiger partial charge on any atom is 0.295 e. The second-order valence-electron chi connectivity index (χ2n) is 5.42. The van der Waals surface area contributed by atoms with Gasteiger partial charge >= 0.3 is 0 Å². The van der Waals surface area contributed by atoms with Crippen LogP contribution in [0.5, 0.6) is 11.6 Å². The van der Waals surface area contributed by atoms with E-state index < -0.39 is 10.8 Å². The van der Waals surface area contributed by atoms with Gasteiger partial charge in [0.15, 0.2) is 5.69 Å². The molecule has 3 aromatic rings. The standard InChI is InChI=1S/C17H14N4O5/c1-20-14-8-7-12(26-2)9-13(14)15(17(20)23)18-19-16(22)10-3-5-11(6-4-10)21(24)25/h3-9,23H,1-2H3. The molecule has 0 aliphatic heterocycles. The van der Waals surface area contributed by atoms with E-state index in [4.69, 9.17) is 4.74 Å². The van der Waals surface area contributed by atoms with Crippen molar-refractivity contribution in [3.05, 3.63) is 58.1 Å². The molecule has 0 aliphatic rings. The van der Waals surface area contributed by atoms with Crippen LogP contribution in [0.4, 0.5) is 11.4 Å². The molecule has 0 fully saturated rings. The van der Waals surface area contributed by atoms with Gasteiger partial charge in [-0.3, -0.25) is 14.9 Å². The van der Waals surface area contributed by atoms with Gasteiger partial charge in [-0.25, -0.2) is 0 Å². The first kappa shape index (κ1) is 17.1. The van der Waals surface area contributed by atoms with Crippen LogP contribution in [0.15, 0.2) is 52.7 Å². The highest BCUT2D eigenvalue weighted by molar-refractivity contribution is 5.98. The summed E-state index contributed by atoms with van der Waals surface area (Å²) >= 11 is 0. The molecular weight excluding hydrogens is 340 g/mol. The van der Waals surface area contributed by atoms with E-state index in [9.17, 15) is 20.0 Å². The maximum absolute atomic E-state index is 12.1. The van der Waals surface area contributed by atoms with Gasteiger partial charge in [0, 0.05) is 30.1 Å². The summed E-state index contributed by atoms with van der Waals surface area (Å²) in [7, 11) is 3.17. The van der Waals surface area contributed by atoms with Crippen molar-refractivity contribution in [3.63, 3.8) is 0 Å². The Morgan fingerprint density at radius 3 is 2.54 bits per heavy atom. The molecule has 0 unspecified atom stereocenters. The summed E-state index contributed by atoms with van der Waals surface area (Å²) in [5.74, 6) is -0.256. The van der Waals surface area contributed by atoms with E-state index >= 15 is 0 Å². The number of aromatic hydroxyl groups is 1. The molecule has 0 saturated heterocycles. The largest absolute Gasteiger partial charge is 0.497 e. The summed E-state index contributed by atoms with van der Waals surface area (Å²) in [6.45, 7) is 0. The first-order chi connectivity index (χ1) is 12.4. The Morgan fingerprint density at radius 1 is 1.23 bits per heavy atom. The highest BCUT2D eigenvalue weighted by Crippen LogP contribution is 2.39. The number of aromatic nitrogens is 1. The van der Waals surface area contributed by atoms with Gasteiger partial charge in [0.2, 0.25) is 5.88 Å². The molecule has 0 atom stereocenters. The number of ether oxygens (including phenoxy) is 1. The first-order valence-corrected chi connectivity index (χ1v) is 7.48. The zero-order chi connectivity index (χ0) is 18.8. The maximum atomic E-state index is 12.1. The fourth-order valence-corrected chi connectivity index (χ4v) is 2.50. The molecule has 2 aromatic carbocycles. The van der Waals surface area contributed by atoms with Gasteiger partial charge in [-0.1, -0.05) is 0 Å². The van der Waals surface area contributed by atoms with E-state index in [0.29, 0.717) is 16.7 Å². The quantitative estimate of drug-likeness (QED) is 0.435. The zero-order valence-corrected chi connectivity index (χ0v) is 13.9. The van der Waals surface area contributed by atoms with E-state index in [-0.39, 0.29) is 22.8 Å². The van der Waals surface area contributed by atoms with Crippen LogP contribution in [0, 0.1) is 10.1 Å². The minimum Gasteiger partial charge on any atom is -0.497 e. The lowest BCUT2D eigenvalue weighted by Crippen LogP contribution is -1.94. The molecule has 9 nitrogen and oxygen atoms in total. The molecule has 26 heavy (non-hydrogen) atoms. The number of nitro benzene ring substituents is 1. The van der Waals surface area contributed by atoms with Crippen LogP contribution in [-0.4, -0.2) is 27.6 Å². The van der Waals surface area contributed by atoms with Crippen LogP contribution in [0.2, 0.25) is 0 Å². The topological polar surface area (TPSA) is 119 Å². The lowest BCUT2D eigenvalue weighted by molar-refractivity contribution is -0.384. The van der Waals surface area contributed by atoms with Gasteiger partial charge in [0.05, 0.1) is 17.5 Å². The van der Waals surface area contributed by atoms with Gasteiger partial charge in [0.25, 0.3) is 11.6 Å². The Balaban J connectivity index is 1.96. The zero-order valence-electron chi connectivity index (χ0n) is 13.9. The predicted octanol–water partition coefficient (Wildman–Crippen LogP) is 3.72. The average molecular weight is 354 g/mol. The third-order valence-electron chi connectivity index (χ3n) is 3.92. The monoisotopic (exact) mass is 354 g/mol. The lowest BCUT2D eigenvalue weighted by atomic mass is 10.2. The molecule has 1 aromatic heterocycles. The van der Waals surface area contributed by atoms with Crippen LogP contribution < -0.4 is 4.74 Å². The van der Waals surface area contributed by atoms with Crippen LogP contribution >= 0.6 is 0 Å². The number of hydrogen-bond donors (Lipinski definition) is 1. The van der Waals surface area contributed by atoms with Crippen molar-refractivity contribution in [2.45, 2.75) is 0 Å². The van der Waals surface area contributed by atoms with E-state index in [2.05, 4.69) is 10.2 Å². The number of hydrogen-bond acceptors (Lipinski definition) is 6. The number of amides is 1. The van der Waals surface area contributed by atoms with E-state index in [1.807, 2.05) is 0 Å². The third kappa shape index (κ3) is 2.97. The molecule has 132 valence electrons. The van der Waals surface area contributed by atoms with E-state index in [0.717, 1.165) is 0 Å². The molecule has 9 heteroatoms. The smallest absolute Gasteiger partial charge is 0.295 e. The first-order valence-electron chi connectivity index (χ1n) is 7.48. The number of benzene rings is 2. The molecule has 0 radical (unpaired) electrons. The molecule has 1 N–H and O–H groups in total. The fraction of sp³-hybridized carbons (Fsp3) is 0.118. The number of nitrogens with zero attached hydrogens (tertiary/aromatic N) is 4. The van der Waals surface area contributed by atoms with Crippen molar-refractivity contribution >= 4 is 28.2 Å². The highest BCUT2D eigenvalue weighted by Gasteiger charge is 2.16. The number of non-ortho nitro benzene ring substituents is 1. The van der Waals surface area contributed by atoms with Crippen LogP contribution in [0.1, 0.15) is 10.4 Å². The number of fused-ring (bicyclic) bond motifs is 1. The van der Waals surface area contributed by atoms with Crippen molar-refractivity contribution in [2.75, 3.05) is 7.11 Å². The van der Waals surface area contributed by atoms with Crippen LogP contribution in [0.25, 0.3) is 10.9 Å². The number of aryl methyl sites for hydroxylation is 1. The Kier molecular flexibility index (Phi) is 4.36. The molecule has 0 aliphatic carbocycles. The number of carbonyl (C=O) groups excluding carboxylic acids is 1. The lowest BCUT2D eigenvalue weighted by Gasteiger charge is -2.00. The summed E-state index contributed by atoms with van der Waals surface area (Å²) in [6.07, 6.45) is 0. The van der Waals surface area contributed by atoms with Crippen molar-refractivity contribution in [3.8, 4) is 11.6 Å². The number of carbonyl (C=O) groups is 1. The molecule has 1 heterocycles. The second kappa shape index (κ2) is 6.63. The van der Waals surface area contributed by atoms with Crippen molar-refractivity contribution < 1.29 is 19.6 Å². The summed E-state index contributed by atoms with van der Waals surface area (Å²) in [5.41, 5.74) is 0.852. The predicted molar refractivity (Wildman–Crippen MR) is 93.1 cm³/mol. The molecule has 1 amide bonds. The molecule has 0 bridgehead atoms. The number of nitro groups is 1. The Labute approximate surface area is 147 Å². The average Bonchev–Trinajstić information content (AvgIpc) is 2.89. The minimum atomic E-state index is -0.681. The molecular formula is C17H14N4O5. The summed E-state index contributed by atoms with van der Waals surface area (Å²) in [4.78, 5) is 22.2. The van der Waals surface area contributed by atoms with Gasteiger partial charge in [-0.15, -0.1) is 10.2 Å². The van der Waals surface area contributed by atoms with Crippen molar-refractivity contribution in [1.29, 1.82) is 0 Å². The minimum absolute atomic E-state index is 0.128. The Bertz CT molecular complexity index is 1040. The van der Waals surface area contributed by atoms with Crippen LogP contribution in [0.3, 0.4) is 0 Å². The van der Waals surface area contributed by atoms with Crippen molar-refractivity contribution in [1.82, 2.24) is 4.57 Å². The van der Waals surface area contributed by atoms with Gasteiger partial charge < -0.3 is 14.4 Å². The van der Waals surface area contributed by atoms with E-state index in [1.165, 1.54) is 35.9 Å². The highest BCUT2D eigenvalue weighted by atomic mass is 16.6. The Morgan fingerprint density at radius 2 is 1.92 bits per heavy atom. The number of methoxy groups -OCH3 is 1. The SMILES string of the molecule is COc1ccc2c(c1)c(N=NC(=O)c1ccc([N+](=O)[O-])cc1)c(O)n2C. The fourth-order valence-electron chi connectivity index (χ4n) is 2.50. The molecule has 0 saturated carbocycles.